The maximum absolute atomic E-state index is 12.3. The van der Waals surface area contributed by atoms with Gasteiger partial charge in [0.1, 0.15) is 6.61 Å². The molecule has 2 aromatic rings. The monoisotopic (exact) mass is 341 g/mol. The SMILES string of the molecule is C[C@](CCC(=O)c1ccccc1)(C(=O)OCc1ccccc1)[N+](=O)[O-]. The highest BCUT2D eigenvalue weighted by Gasteiger charge is 2.47. The van der Waals surface area contributed by atoms with Crippen molar-refractivity contribution in [2.45, 2.75) is 31.9 Å². The summed E-state index contributed by atoms with van der Waals surface area (Å²) >= 11 is 0. The summed E-state index contributed by atoms with van der Waals surface area (Å²) in [7, 11) is 0. The summed E-state index contributed by atoms with van der Waals surface area (Å²) in [6, 6.07) is 17.4. The van der Waals surface area contributed by atoms with Gasteiger partial charge in [0.2, 0.25) is 0 Å². The van der Waals surface area contributed by atoms with E-state index in [1.54, 1.807) is 54.6 Å². The number of Topliss-reactive ketones (excluding diaryl/α,β-unsaturated/α-hetero) is 1. The third-order valence-electron chi connectivity index (χ3n) is 3.99. The van der Waals surface area contributed by atoms with Crippen molar-refractivity contribution >= 4 is 11.8 Å². The quantitative estimate of drug-likeness (QED) is 0.318. The van der Waals surface area contributed by atoms with E-state index in [0.29, 0.717) is 5.56 Å². The molecule has 0 radical (unpaired) electrons. The number of benzene rings is 2. The van der Waals surface area contributed by atoms with Gasteiger partial charge in [-0.05, 0) is 5.56 Å². The smallest absolute Gasteiger partial charge is 0.384 e. The van der Waals surface area contributed by atoms with Crippen LogP contribution in [0.25, 0.3) is 0 Å². The van der Waals surface area contributed by atoms with Crippen LogP contribution in [0.2, 0.25) is 0 Å². The minimum absolute atomic E-state index is 0.0459. The molecule has 0 fully saturated rings. The normalized spacial score (nSPS) is 12.8. The van der Waals surface area contributed by atoms with Crippen molar-refractivity contribution in [3.05, 3.63) is 81.9 Å². The standard InChI is InChI=1S/C19H19NO5/c1-19(20(23)24,13-12-17(21)16-10-6-3-7-11-16)18(22)25-14-15-8-4-2-5-9-15/h2-11H,12-14H2,1H3/t19-/m0/s1. The summed E-state index contributed by atoms with van der Waals surface area (Å²) in [6.07, 6.45) is -0.330. The van der Waals surface area contributed by atoms with Gasteiger partial charge in [0, 0.05) is 30.3 Å². The van der Waals surface area contributed by atoms with Crippen LogP contribution in [0.4, 0.5) is 0 Å². The summed E-state index contributed by atoms with van der Waals surface area (Å²) < 4.78 is 5.10. The molecule has 130 valence electrons. The van der Waals surface area contributed by atoms with Crippen molar-refractivity contribution in [2.24, 2.45) is 0 Å². The van der Waals surface area contributed by atoms with Crippen LogP contribution in [0.3, 0.4) is 0 Å². The van der Waals surface area contributed by atoms with Crippen LogP contribution in [0.15, 0.2) is 60.7 Å². The fourth-order valence-electron chi connectivity index (χ4n) is 2.27. The topological polar surface area (TPSA) is 86.5 Å². The van der Waals surface area contributed by atoms with Crippen LogP contribution in [0.1, 0.15) is 35.7 Å². The maximum atomic E-state index is 12.3. The molecular formula is C19H19NO5. The number of ketones is 1. The number of rotatable bonds is 8. The third-order valence-corrected chi connectivity index (χ3v) is 3.99. The molecule has 0 amide bonds. The first-order valence-electron chi connectivity index (χ1n) is 7.87. The largest absolute Gasteiger partial charge is 0.456 e. The molecule has 6 heteroatoms. The second-order valence-electron chi connectivity index (χ2n) is 5.88. The van der Waals surface area contributed by atoms with E-state index in [2.05, 4.69) is 0 Å². The molecule has 0 bridgehead atoms. The number of nitro groups is 1. The zero-order valence-electron chi connectivity index (χ0n) is 13.9. The Balaban J connectivity index is 2.00. The number of hydrogen-bond acceptors (Lipinski definition) is 5. The molecule has 6 nitrogen and oxygen atoms in total. The maximum Gasteiger partial charge on any atom is 0.384 e. The van der Waals surface area contributed by atoms with Gasteiger partial charge in [-0.15, -0.1) is 0 Å². The molecule has 0 aliphatic heterocycles. The lowest BCUT2D eigenvalue weighted by molar-refractivity contribution is -0.551. The van der Waals surface area contributed by atoms with E-state index in [0.717, 1.165) is 5.56 Å². The Labute approximate surface area is 145 Å². The molecule has 0 saturated heterocycles. The molecule has 0 heterocycles. The Morgan fingerprint density at radius 3 is 2.16 bits per heavy atom. The fraction of sp³-hybridized carbons (Fsp3) is 0.263. The molecule has 0 aromatic heterocycles. The van der Waals surface area contributed by atoms with Gasteiger partial charge in [0.15, 0.2) is 5.78 Å². The van der Waals surface area contributed by atoms with E-state index in [1.807, 2.05) is 6.07 Å². The van der Waals surface area contributed by atoms with E-state index in [9.17, 15) is 19.7 Å². The first kappa shape index (κ1) is 18.3. The van der Waals surface area contributed by atoms with E-state index < -0.39 is 16.4 Å². The molecule has 25 heavy (non-hydrogen) atoms. The van der Waals surface area contributed by atoms with Crippen LogP contribution in [0.5, 0.6) is 0 Å². The van der Waals surface area contributed by atoms with Gasteiger partial charge in [-0.2, -0.15) is 0 Å². The number of ether oxygens (including phenoxy) is 1. The van der Waals surface area contributed by atoms with Gasteiger partial charge in [-0.25, -0.2) is 4.79 Å². The average Bonchev–Trinajstić information content (AvgIpc) is 2.65. The lowest BCUT2D eigenvalue weighted by atomic mass is 9.93. The van der Waals surface area contributed by atoms with Gasteiger partial charge in [-0.3, -0.25) is 14.9 Å². The minimum atomic E-state index is -1.96. The minimum Gasteiger partial charge on any atom is -0.456 e. The molecular weight excluding hydrogens is 322 g/mol. The summed E-state index contributed by atoms with van der Waals surface area (Å²) in [5.41, 5.74) is -0.757. The second kappa shape index (κ2) is 8.19. The fourth-order valence-corrected chi connectivity index (χ4v) is 2.27. The molecule has 0 aliphatic carbocycles. The lowest BCUT2D eigenvalue weighted by Crippen LogP contribution is -2.45. The third kappa shape index (κ3) is 4.73. The second-order valence-corrected chi connectivity index (χ2v) is 5.88. The highest BCUT2D eigenvalue weighted by molar-refractivity contribution is 5.96. The molecule has 0 saturated carbocycles. The Morgan fingerprint density at radius 1 is 1.04 bits per heavy atom. The molecule has 0 spiro atoms. The van der Waals surface area contributed by atoms with Gasteiger partial charge < -0.3 is 4.74 Å². The van der Waals surface area contributed by atoms with Crippen LogP contribution < -0.4 is 0 Å². The van der Waals surface area contributed by atoms with Gasteiger partial charge in [0.25, 0.3) is 0 Å². The predicted octanol–water partition coefficient (Wildman–Crippen LogP) is 3.43. The van der Waals surface area contributed by atoms with Crippen molar-refractivity contribution in [3.8, 4) is 0 Å². The van der Waals surface area contributed by atoms with E-state index in [-0.39, 0.29) is 25.2 Å². The van der Waals surface area contributed by atoms with Crippen LogP contribution in [-0.2, 0) is 16.1 Å². The molecule has 0 unspecified atom stereocenters. The summed E-state index contributed by atoms with van der Waals surface area (Å²) in [4.78, 5) is 35.1. The van der Waals surface area contributed by atoms with E-state index in [4.69, 9.17) is 4.74 Å². The molecule has 2 rings (SSSR count). The number of carbonyl (C=O) groups excluding carboxylic acids is 2. The number of carbonyl (C=O) groups is 2. The zero-order chi connectivity index (χ0) is 18.3. The predicted molar refractivity (Wildman–Crippen MR) is 91.6 cm³/mol. The Morgan fingerprint density at radius 2 is 1.60 bits per heavy atom. The molecule has 1 atom stereocenters. The molecule has 2 aromatic carbocycles. The highest BCUT2D eigenvalue weighted by Crippen LogP contribution is 2.21. The lowest BCUT2D eigenvalue weighted by Gasteiger charge is -2.19. The van der Waals surface area contributed by atoms with Crippen LogP contribution >= 0.6 is 0 Å². The molecule has 0 N–H and O–H groups in total. The Hall–Kier alpha value is -3.02. The number of esters is 1. The van der Waals surface area contributed by atoms with Gasteiger partial charge in [-0.1, -0.05) is 60.7 Å². The van der Waals surface area contributed by atoms with Crippen molar-refractivity contribution < 1.29 is 19.2 Å². The van der Waals surface area contributed by atoms with Crippen LogP contribution in [-0.4, -0.2) is 22.2 Å². The summed E-state index contributed by atoms with van der Waals surface area (Å²) in [5, 5.41) is 11.4. The summed E-state index contributed by atoms with van der Waals surface area (Å²) in [5.74, 6) is -1.19. The van der Waals surface area contributed by atoms with Crippen molar-refractivity contribution in [1.82, 2.24) is 0 Å². The zero-order valence-corrected chi connectivity index (χ0v) is 13.9. The van der Waals surface area contributed by atoms with Crippen LogP contribution in [0, 0.1) is 10.1 Å². The van der Waals surface area contributed by atoms with E-state index in [1.165, 1.54) is 6.92 Å². The molecule has 0 aliphatic rings. The van der Waals surface area contributed by atoms with Gasteiger partial charge in [0.05, 0.1) is 0 Å². The number of nitrogens with zero attached hydrogens (tertiary/aromatic N) is 1. The van der Waals surface area contributed by atoms with Gasteiger partial charge >= 0.3 is 11.5 Å². The van der Waals surface area contributed by atoms with Crippen molar-refractivity contribution in [1.29, 1.82) is 0 Å². The van der Waals surface area contributed by atoms with Crippen molar-refractivity contribution in [3.63, 3.8) is 0 Å². The summed E-state index contributed by atoms with van der Waals surface area (Å²) in [6.45, 7) is 1.15. The Bertz CT molecular complexity index is 745. The number of hydrogen-bond donors (Lipinski definition) is 0. The van der Waals surface area contributed by atoms with E-state index >= 15 is 0 Å². The highest BCUT2D eigenvalue weighted by atomic mass is 16.6. The average molecular weight is 341 g/mol. The Kier molecular flexibility index (Phi) is 6.00. The van der Waals surface area contributed by atoms with Crippen molar-refractivity contribution in [2.75, 3.05) is 0 Å². The first-order chi connectivity index (χ1) is 11.9. The first-order valence-corrected chi connectivity index (χ1v) is 7.87.